The van der Waals surface area contributed by atoms with Crippen LogP contribution in [-0.2, 0) is 20.7 Å². The van der Waals surface area contributed by atoms with Gasteiger partial charge in [0.1, 0.15) is 17.3 Å². The van der Waals surface area contributed by atoms with Crippen molar-refractivity contribution in [2.75, 3.05) is 20.2 Å². The molecule has 1 heterocycles. The Morgan fingerprint density at radius 3 is 2.62 bits per heavy atom. The van der Waals surface area contributed by atoms with Crippen LogP contribution in [0.5, 0.6) is 0 Å². The van der Waals surface area contributed by atoms with Crippen LogP contribution in [-0.4, -0.2) is 37.0 Å². The van der Waals surface area contributed by atoms with E-state index in [-0.39, 0.29) is 30.0 Å². The summed E-state index contributed by atoms with van der Waals surface area (Å²) in [5.74, 6) is -0.0617. The molecular weight excluding hydrogens is 337 g/mol. The zero-order valence-electron chi connectivity index (χ0n) is 15.3. The van der Waals surface area contributed by atoms with Crippen molar-refractivity contribution in [3.63, 3.8) is 0 Å². The fourth-order valence-electron chi connectivity index (χ4n) is 2.72. The topological polar surface area (TPSA) is 59.8 Å². The molecule has 5 nitrogen and oxygen atoms in total. The van der Waals surface area contributed by atoms with E-state index in [1.54, 1.807) is 42.2 Å². The molecule has 1 amide bonds. The molecule has 1 aromatic carbocycles. The number of hydrogen-bond acceptors (Lipinski definition) is 4. The Balaban J connectivity index is 1.94. The maximum absolute atomic E-state index is 13.8. The smallest absolute Gasteiger partial charge is 0.310 e. The molecule has 0 aliphatic rings. The van der Waals surface area contributed by atoms with Gasteiger partial charge in [0.2, 0.25) is 5.91 Å². The molecule has 0 fully saturated rings. The predicted octanol–water partition coefficient (Wildman–Crippen LogP) is 3.68. The highest BCUT2D eigenvalue weighted by Gasteiger charge is 2.20. The summed E-state index contributed by atoms with van der Waals surface area (Å²) in [7, 11) is 1.33. The van der Waals surface area contributed by atoms with Crippen LogP contribution in [0.15, 0.2) is 40.8 Å². The fourth-order valence-corrected chi connectivity index (χ4v) is 2.72. The number of rotatable bonds is 8. The number of esters is 1. The number of ether oxygens (including phenoxy) is 1. The summed E-state index contributed by atoms with van der Waals surface area (Å²) in [6.45, 7) is 4.43. The van der Waals surface area contributed by atoms with Crippen molar-refractivity contribution < 1.29 is 23.1 Å². The number of nitrogens with zero attached hydrogens (tertiary/aromatic N) is 1. The summed E-state index contributed by atoms with van der Waals surface area (Å²) in [5, 5.41) is 0. The van der Waals surface area contributed by atoms with Crippen LogP contribution in [0.2, 0.25) is 0 Å². The zero-order valence-corrected chi connectivity index (χ0v) is 15.3. The minimum atomic E-state index is -0.375. The van der Waals surface area contributed by atoms with Crippen molar-refractivity contribution in [2.24, 2.45) is 5.92 Å². The van der Waals surface area contributed by atoms with Gasteiger partial charge in [0.05, 0.1) is 18.6 Å². The highest BCUT2D eigenvalue weighted by molar-refractivity contribution is 5.78. The van der Waals surface area contributed by atoms with Crippen molar-refractivity contribution in [3.05, 3.63) is 48.0 Å². The summed E-state index contributed by atoms with van der Waals surface area (Å²) < 4.78 is 24.2. The van der Waals surface area contributed by atoms with E-state index in [2.05, 4.69) is 0 Å². The number of methoxy groups -OCH3 is 1. The van der Waals surface area contributed by atoms with Gasteiger partial charge in [0.15, 0.2) is 0 Å². The molecule has 1 aromatic heterocycles. The molecule has 2 rings (SSSR count). The average molecular weight is 361 g/mol. The number of hydrogen-bond donors (Lipinski definition) is 0. The average Bonchev–Trinajstić information content (AvgIpc) is 3.12. The van der Waals surface area contributed by atoms with Crippen LogP contribution in [0.25, 0.3) is 11.3 Å². The van der Waals surface area contributed by atoms with Gasteiger partial charge in [0.25, 0.3) is 0 Å². The van der Waals surface area contributed by atoms with E-state index in [1.165, 1.54) is 13.2 Å². The third kappa shape index (κ3) is 4.94. The van der Waals surface area contributed by atoms with Gasteiger partial charge in [-0.2, -0.15) is 0 Å². The molecule has 1 atom stereocenters. The van der Waals surface area contributed by atoms with E-state index in [1.807, 2.05) is 6.92 Å². The second-order valence-corrected chi connectivity index (χ2v) is 6.10. The van der Waals surface area contributed by atoms with Crippen molar-refractivity contribution in [2.45, 2.75) is 26.7 Å². The molecule has 0 saturated carbocycles. The Morgan fingerprint density at radius 2 is 1.96 bits per heavy atom. The lowest BCUT2D eigenvalue weighted by molar-refractivity contribution is -0.146. The molecule has 0 aliphatic carbocycles. The monoisotopic (exact) mass is 361 g/mol. The van der Waals surface area contributed by atoms with E-state index < -0.39 is 0 Å². The van der Waals surface area contributed by atoms with Crippen molar-refractivity contribution in [3.8, 4) is 11.3 Å². The Hall–Kier alpha value is -2.63. The number of halogens is 1. The maximum Gasteiger partial charge on any atom is 0.310 e. The van der Waals surface area contributed by atoms with E-state index in [4.69, 9.17) is 9.15 Å². The van der Waals surface area contributed by atoms with Gasteiger partial charge in [-0.3, -0.25) is 9.59 Å². The van der Waals surface area contributed by atoms with Crippen LogP contribution >= 0.6 is 0 Å². The van der Waals surface area contributed by atoms with Crippen molar-refractivity contribution in [1.29, 1.82) is 0 Å². The first-order valence-corrected chi connectivity index (χ1v) is 8.65. The number of carbonyl (C=O) groups is 2. The minimum absolute atomic E-state index is 0.0629. The van der Waals surface area contributed by atoms with E-state index >= 15 is 0 Å². The quantitative estimate of drug-likeness (QED) is 0.673. The first kappa shape index (κ1) is 19.7. The van der Waals surface area contributed by atoms with Crippen LogP contribution in [0, 0.1) is 11.7 Å². The first-order chi connectivity index (χ1) is 12.5. The molecule has 1 unspecified atom stereocenters. The van der Waals surface area contributed by atoms with Gasteiger partial charge in [-0.25, -0.2) is 4.39 Å². The second-order valence-electron chi connectivity index (χ2n) is 6.10. The molecule has 0 bridgehead atoms. The third-order valence-corrected chi connectivity index (χ3v) is 4.22. The largest absolute Gasteiger partial charge is 0.469 e. The molecule has 0 saturated heterocycles. The highest BCUT2D eigenvalue weighted by Crippen LogP contribution is 2.25. The fraction of sp³-hybridized carbons (Fsp3) is 0.400. The summed E-state index contributed by atoms with van der Waals surface area (Å²) in [5.41, 5.74) is 0.396. The van der Waals surface area contributed by atoms with Crippen LogP contribution in [0.3, 0.4) is 0 Å². The lowest BCUT2D eigenvalue weighted by atomic mass is 10.1. The Morgan fingerprint density at radius 1 is 1.23 bits per heavy atom. The molecule has 0 spiro atoms. The Kier molecular flexibility index (Phi) is 6.95. The van der Waals surface area contributed by atoms with Crippen molar-refractivity contribution >= 4 is 11.9 Å². The Bertz CT molecular complexity index is 756. The van der Waals surface area contributed by atoms with E-state index in [0.29, 0.717) is 36.6 Å². The van der Waals surface area contributed by atoms with Gasteiger partial charge >= 0.3 is 5.97 Å². The van der Waals surface area contributed by atoms with E-state index in [0.717, 1.165) is 0 Å². The summed E-state index contributed by atoms with van der Waals surface area (Å²) >= 11 is 0. The molecular formula is C20H24FNO4. The molecule has 0 aliphatic heterocycles. The molecule has 2 aromatic rings. The first-order valence-electron chi connectivity index (χ1n) is 8.65. The van der Waals surface area contributed by atoms with Gasteiger partial charge < -0.3 is 14.1 Å². The van der Waals surface area contributed by atoms with E-state index in [9.17, 15) is 14.0 Å². The molecule has 0 N–H and O–H groups in total. The van der Waals surface area contributed by atoms with Gasteiger partial charge in [0, 0.05) is 25.9 Å². The summed E-state index contributed by atoms with van der Waals surface area (Å²) in [6, 6.07) is 9.85. The zero-order chi connectivity index (χ0) is 19.1. The number of carbonyl (C=O) groups excluding carboxylic acids is 2. The van der Waals surface area contributed by atoms with Gasteiger partial charge in [-0.05, 0) is 31.2 Å². The standard InChI is InChI=1S/C20H24FNO4/c1-4-22(13-14(2)20(24)25-3)19(23)12-10-15-9-11-18(26-15)16-7-5-6-8-17(16)21/h5-9,11,14H,4,10,12-13H2,1-3H3. The van der Waals surface area contributed by atoms with Crippen LogP contribution in [0.1, 0.15) is 26.0 Å². The third-order valence-electron chi connectivity index (χ3n) is 4.22. The highest BCUT2D eigenvalue weighted by atomic mass is 19.1. The lowest BCUT2D eigenvalue weighted by Gasteiger charge is -2.23. The van der Waals surface area contributed by atoms with Crippen LogP contribution in [0.4, 0.5) is 4.39 Å². The molecule has 140 valence electrons. The molecule has 26 heavy (non-hydrogen) atoms. The van der Waals surface area contributed by atoms with Crippen molar-refractivity contribution in [1.82, 2.24) is 4.90 Å². The predicted molar refractivity (Wildman–Crippen MR) is 95.9 cm³/mol. The van der Waals surface area contributed by atoms with Gasteiger partial charge in [-0.15, -0.1) is 0 Å². The number of benzene rings is 1. The number of furan rings is 1. The summed E-state index contributed by atoms with van der Waals surface area (Å²) in [6.07, 6.45) is 0.669. The Labute approximate surface area is 152 Å². The normalized spacial score (nSPS) is 11.8. The molecule has 6 heteroatoms. The second kappa shape index (κ2) is 9.17. The maximum atomic E-state index is 13.8. The molecule has 0 radical (unpaired) electrons. The number of amides is 1. The lowest BCUT2D eigenvalue weighted by Crippen LogP contribution is -2.37. The number of aryl methyl sites for hydroxylation is 1. The SMILES string of the molecule is CCN(CC(C)C(=O)OC)C(=O)CCc1ccc(-c2ccccc2F)o1. The minimum Gasteiger partial charge on any atom is -0.469 e. The van der Waals surface area contributed by atoms with Gasteiger partial charge in [-0.1, -0.05) is 19.1 Å². The van der Waals surface area contributed by atoms with Crippen LogP contribution < -0.4 is 0 Å². The summed E-state index contributed by atoms with van der Waals surface area (Å²) in [4.78, 5) is 25.5.